The van der Waals surface area contributed by atoms with Crippen molar-refractivity contribution < 1.29 is 9.47 Å². The second kappa shape index (κ2) is 6.55. The third-order valence-electron chi connectivity index (χ3n) is 3.91. The minimum Gasteiger partial charge on any atom is -0.494 e. The number of rotatable bonds is 4. The van der Waals surface area contributed by atoms with Gasteiger partial charge in [-0.25, -0.2) is 0 Å². The summed E-state index contributed by atoms with van der Waals surface area (Å²) in [7, 11) is 0. The number of allylic oxidation sites excluding steroid dienone is 1. The van der Waals surface area contributed by atoms with Crippen molar-refractivity contribution in [3.05, 3.63) is 65.0 Å². The van der Waals surface area contributed by atoms with Crippen LogP contribution in [0.4, 0.5) is 5.69 Å². The Labute approximate surface area is 141 Å². The number of anilines is 1. The smallest absolute Gasteiger partial charge is 0.205 e. The van der Waals surface area contributed by atoms with Crippen LogP contribution in [0.5, 0.6) is 11.5 Å². The molecule has 0 aliphatic carbocycles. The molecule has 1 aliphatic heterocycles. The highest BCUT2D eigenvalue weighted by molar-refractivity contribution is 5.59. The lowest BCUT2D eigenvalue weighted by Gasteiger charge is -2.26. The van der Waals surface area contributed by atoms with E-state index in [2.05, 4.69) is 13.0 Å². The molecule has 122 valence electrons. The van der Waals surface area contributed by atoms with Gasteiger partial charge in [0.15, 0.2) is 0 Å². The first-order valence-electron chi connectivity index (χ1n) is 7.83. The van der Waals surface area contributed by atoms with Crippen molar-refractivity contribution in [2.75, 3.05) is 12.3 Å². The first-order chi connectivity index (χ1) is 11.6. The van der Waals surface area contributed by atoms with Gasteiger partial charge in [0.05, 0.1) is 12.5 Å². The summed E-state index contributed by atoms with van der Waals surface area (Å²) in [6.45, 7) is 2.70. The van der Waals surface area contributed by atoms with E-state index >= 15 is 0 Å². The Morgan fingerprint density at radius 1 is 1.21 bits per heavy atom. The fourth-order valence-electron chi connectivity index (χ4n) is 2.82. The normalized spacial score (nSPS) is 16.1. The largest absolute Gasteiger partial charge is 0.494 e. The van der Waals surface area contributed by atoms with Gasteiger partial charge in [-0.1, -0.05) is 25.1 Å². The van der Waals surface area contributed by atoms with Crippen molar-refractivity contribution in [1.82, 2.24) is 0 Å². The molecule has 0 amide bonds. The monoisotopic (exact) mass is 321 g/mol. The minimum absolute atomic E-state index is 0.112. The van der Waals surface area contributed by atoms with E-state index in [4.69, 9.17) is 20.9 Å². The second-order valence-electron chi connectivity index (χ2n) is 5.64. The number of hydrogen-bond donors (Lipinski definition) is 2. The maximum Gasteiger partial charge on any atom is 0.205 e. The van der Waals surface area contributed by atoms with Crippen LogP contribution in [0.1, 0.15) is 30.4 Å². The summed E-state index contributed by atoms with van der Waals surface area (Å²) in [5.41, 5.74) is 14.6. The third kappa shape index (κ3) is 2.86. The quantitative estimate of drug-likeness (QED) is 0.843. The molecule has 1 heterocycles. The highest BCUT2D eigenvalue weighted by Gasteiger charge is 2.30. The van der Waals surface area contributed by atoms with Gasteiger partial charge in [0.25, 0.3) is 0 Å². The lowest BCUT2D eigenvalue weighted by atomic mass is 9.83. The average molecular weight is 321 g/mol. The van der Waals surface area contributed by atoms with Gasteiger partial charge in [0.1, 0.15) is 23.1 Å². The molecule has 24 heavy (non-hydrogen) atoms. The number of fused-ring (bicyclic) bond motifs is 1. The summed E-state index contributed by atoms with van der Waals surface area (Å²) < 4.78 is 11.3. The Kier molecular flexibility index (Phi) is 4.30. The Balaban J connectivity index is 2.10. The summed E-state index contributed by atoms with van der Waals surface area (Å²) in [6.07, 6.45) is 0.930. The van der Waals surface area contributed by atoms with Crippen molar-refractivity contribution in [2.24, 2.45) is 5.73 Å². The molecule has 0 fully saturated rings. The fraction of sp³-hybridized carbons (Fsp3) is 0.211. The Morgan fingerprint density at radius 2 is 2.04 bits per heavy atom. The van der Waals surface area contributed by atoms with Crippen molar-refractivity contribution >= 4 is 5.69 Å². The zero-order valence-electron chi connectivity index (χ0n) is 13.5. The van der Waals surface area contributed by atoms with Crippen LogP contribution in [0.25, 0.3) is 0 Å². The summed E-state index contributed by atoms with van der Waals surface area (Å²) in [5, 5.41) is 9.56. The number of nitrogens with two attached hydrogens (primary N) is 2. The molecule has 1 atom stereocenters. The first-order valence-corrected chi connectivity index (χ1v) is 7.83. The summed E-state index contributed by atoms with van der Waals surface area (Å²) in [5.74, 6) is 1.16. The summed E-state index contributed by atoms with van der Waals surface area (Å²) in [6, 6.07) is 15.3. The van der Waals surface area contributed by atoms with Crippen molar-refractivity contribution in [3.63, 3.8) is 0 Å². The predicted molar refractivity (Wildman–Crippen MR) is 92.4 cm³/mol. The maximum absolute atomic E-state index is 9.56. The van der Waals surface area contributed by atoms with E-state index in [0.717, 1.165) is 23.3 Å². The van der Waals surface area contributed by atoms with Crippen LogP contribution in [-0.4, -0.2) is 6.61 Å². The third-order valence-corrected chi connectivity index (χ3v) is 3.91. The Hall–Kier alpha value is -3.13. The van der Waals surface area contributed by atoms with Crippen LogP contribution < -0.4 is 20.9 Å². The van der Waals surface area contributed by atoms with E-state index in [1.807, 2.05) is 30.3 Å². The molecule has 0 unspecified atom stereocenters. The molecule has 2 aromatic carbocycles. The van der Waals surface area contributed by atoms with Crippen LogP contribution in [0, 0.1) is 11.3 Å². The molecular weight excluding hydrogens is 302 g/mol. The van der Waals surface area contributed by atoms with E-state index in [1.165, 1.54) is 0 Å². The summed E-state index contributed by atoms with van der Waals surface area (Å²) >= 11 is 0. The molecule has 0 radical (unpaired) electrons. The standard InChI is InChI=1S/C19H19N3O2/c1-2-8-23-14-5-3-4-12(9-14)18-15-7-6-13(21)10-17(15)24-19(22)16(18)11-20/h3-7,9-10,18H,2,8,21-22H2,1H3/t18-/m0/s1. The van der Waals surface area contributed by atoms with Gasteiger partial charge in [0, 0.05) is 17.3 Å². The molecule has 4 N–H and O–H groups in total. The Morgan fingerprint density at radius 3 is 2.79 bits per heavy atom. The number of benzene rings is 2. The first kappa shape index (κ1) is 15.8. The van der Waals surface area contributed by atoms with Gasteiger partial charge < -0.3 is 20.9 Å². The molecule has 1 aliphatic rings. The molecule has 0 spiro atoms. The number of ether oxygens (including phenoxy) is 2. The van der Waals surface area contributed by atoms with E-state index in [-0.39, 0.29) is 11.8 Å². The van der Waals surface area contributed by atoms with Crippen molar-refractivity contribution in [2.45, 2.75) is 19.3 Å². The maximum atomic E-state index is 9.56. The molecule has 0 saturated carbocycles. The topological polar surface area (TPSA) is 94.3 Å². The fourth-order valence-corrected chi connectivity index (χ4v) is 2.82. The molecule has 5 nitrogen and oxygen atoms in total. The second-order valence-corrected chi connectivity index (χ2v) is 5.64. The van der Waals surface area contributed by atoms with E-state index in [0.29, 0.717) is 23.6 Å². The summed E-state index contributed by atoms with van der Waals surface area (Å²) in [4.78, 5) is 0. The van der Waals surface area contributed by atoms with Gasteiger partial charge in [0.2, 0.25) is 5.88 Å². The van der Waals surface area contributed by atoms with Gasteiger partial charge in [-0.15, -0.1) is 0 Å². The predicted octanol–water partition coefficient (Wildman–Crippen LogP) is 3.28. The van der Waals surface area contributed by atoms with Crippen LogP contribution >= 0.6 is 0 Å². The highest BCUT2D eigenvalue weighted by atomic mass is 16.5. The molecule has 5 heteroatoms. The Bertz CT molecular complexity index is 837. The van der Waals surface area contributed by atoms with Gasteiger partial charge >= 0.3 is 0 Å². The van der Waals surface area contributed by atoms with Crippen molar-refractivity contribution in [3.8, 4) is 17.6 Å². The van der Waals surface area contributed by atoms with Gasteiger partial charge in [-0.3, -0.25) is 0 Å². The molecule has 0 aromatic heterocycles. The average Bonchev–Trinajstić information content (AvgIpc) is 2.58. The number of nitrogens with zero attached hydrogens (tertiary/aromatic N) is 1. The zero-order chi connectivity index (χ0) is 17.1. The highest BCUT2D eigenvalue weighted by Crippen LogP contribution is 2.43. The van der Waals surface area contributed by atoms with Crippen molar-refractivity contribution in [1.29, 1.82) is 5.26 Å². The van der Waals surface area contributed by atoms with E-state index in [9.17, 15) is 5.26 Å². The number of nitrogen functional groups attached to an aromatic ring is 1. The van der Waals surface area contributed by atoms with Gasteiger partial charge in [-0.05, 0) is 30.2 Å². The lowest BCUT2D eigenvalue weighted by molar-refractivity contribution is 0.317. The lowest BCUT2D eigenvalue weighted by Crippen LogP contribution is -2.21. The SMILES string of the molecule is CCCOc1cccc([C@@H]2C(C#N)=C(N)Oc3cc(N)ccc32)c1. The van der Waals surface area contributed by atoms with E-state index < -0.39 is 0 Å². The van der Waals surface area contributed by atoms with Crippen LogP contribution in [0.3, 0.4) is 0 Å². The number of nitriles is 1. The van der Waals surface area contributed by atoms with Gasteiger partial charge in [-0.2, -0.15) is 5.26 Å². The molecule has 0 bridgehead atoms. The minimum atomic E-state index is -0.301. The van der Waals surface area contributed by atoms with Crippen LogP contribution in [0.15, 0.2) is 53.9 Å². The number of hydrogen-bond acceptors (Lipinski definition) is 5. The zero-order valence-corrected chi connectivity index (χ0v) is 13.5. The van der Waals surface area contributed by atoms with Crippen LogP contribution in [-0.2, 0) is 0 Å². The molecule has 3 rings (SSSR count). The van der Waals surface area contributed by atoms with E-state index in [1.54, 1.807) is 12.1 Å². The van der Waals surface area contributed by atoms with Crippen LogP contribution in [0.2, 0.25) is 0 Å². The molecular formula is C19H19N3O2. The molecule has 0 saturated heterocycles. The molecule has 2 aromatic rings.